The van der Waals surface area contributed by atoms with Crippen LogP contribution in [-0.2, 0) is 21.4 Å². The lowest BCUT2D eigenvalue weighted by Crippen LogP contribution is -2.29. The van der Waals surface area contributed by atoms with Crippen molar-refractivity contribution in [2.45, 2.75) is 44.6 Å². The third-order valence-corrected chi connectivity index (χ3v) is 7.20. The minimum atomic E-state index is -3.69. The van der Waals surface area contributed by atoms with Crippen LogP contribution in [0.1, 0.15) is 37.3 Å². The molecule has 0 atom stereocenters. The van der Waals surface area contributed by atoms with Gasteiger partial charge in [0.25, 0.3) is 0 Å². The molecule has 0 bridgehead atoms. The van der Waals surface area contributed by atoms with Crippen LogP contribution >= 0.6 is 0 Å². The molecule has 1 heterocycles. The average molecular weight is 416 g/mol. The van der Waals surface area contributed by atoms with E-state index < -0.39 is 10.0 Å². The van der Waals surface area contributed by atoms with Crippen molar-refractivity contribution in [1.82, 2.24) is 4.31 Å². The Kier molecular flexibility index (Phi) is 6.59. The Balaban J connectivity index is 1.75. The summed E-state index contributed by atoms with van der Waals surface area (Å²) in [5, 5.41) is 2.64. The predicted octanol–water partition coefficient (Wildman–Crippen LogP) is 3.76. The summed E-state index contributed by atoms with van der Waals surface area (Å²) in [6.07, 6.45) is 3.74. The van der Waals surface area contributed by atoms with E-state index in [9.17, 15) is 13.2 Å². The fourth-order valence-corrected chi connectivity index (χ4v) is 5.04. The van der Waals surface area contributed by atoms with Crippen molar-refractivity contribution >= 4 is 27.3 Å². The maximum Gasteiger partial charge on any atom is 0.243 e. The second-order valence-corrected chi connectivity index (χ2v) is 9.65. The van der Waals surface area contributed by atoms with Crippen LogP contribution in [-0.4, -0.2) is 38.8 Å². The molecule has 1 fully saturated rings. The third kappa shape index (κ3) is 5.16. The Hall–Kier alpha value is -2.38. The van der Waals surface area contributed by atoms with E-state index in [1.165, 1.54) is 42.2 Å². The quantitative estimate of drug-likeness (QED) is 0.780. The number of aryl methyl sites for hydroxylation is 1. The zero-order valence-corrected chi connectivity index (χ0v) is 18.1. The summed E-state index contributed by atoms with van der Waals surface area (Å²) in [6, 6.07) is 13.1. The van der Waals surface area contributed by atoms with Crippen molar-refractivity contribution in [2.24, 2.45) is 0 Å². The van der Waals surface area contributed by atoms with Gasteiger partial charge in [-0.05, 0) is 61.6 Å². The Morgan fingerprint density at radius 1 is 1.07 bits per heavy atom. The predicted molar refractivity (Wildman–Crippen MR) is 117 cm³/mol. The molecule has 1 N–H and O–H groups in total. The van der Waals surface area contributed by atoms with Crippen LogP contribution in [0.4, 0.5) is 11.4 Å². The molecule has 0 radical (unpaired) electrons. The molecule has 1 saturated heterocycles. The number of piperidine rings is 1. The minimum absolute atomic E-state index is 0.205. The first-order valence-corrected chi connectivity index (χ1v) is 11.4. The van der Waals surface area contributed by atoms with Gasteiger partial charge < -0.3 is 10.2 Å². The number of nitrogens with zero attached hydrogens (tertiary/aromatic N) is 2. The van der Waals surface area contributed by atoms with Gasteiger partial charge in [0.05, 0.1) is 4.90 Å². The van der Waals surface area contributed by atoms with Gasteiger partial charge in [0, 0.05) is 45.0 Å². The van der Waals surface area contributed by atoms with E-state index in [1.54, 1.807) is 26.1 Å². The topological polar surface area (TPSA) is 69.7 Å². The SMILES string of the molecule is CC(=O)Nc1ccc(C)c(S(=O)(=O)N(C)Cc2ccc(N3CCCCC3)cc2)c1. The summed E-state index contributed by atoms with van der Waals surface area (Å²) >= 11 is 0. The van der Waals surface area contributed by atoms with Gasteiger partial charge in [0.2, 0.25) is 15.9 Å². The van der Waals surface area contributed by atoms with Gasteiger partial charge in [-0.15, -0.1) is 0 Å². The number of sulfonamides is 1. The second kappa shape index (κ2) is 8.97. The summed E-state index contributed by atoms with van der Waals surface area (Å²) in [6.45, 7) is 5.60. The molecule has 1 aliphatic rings. The largest absolute Gasteiger partial charge is 0.372 e. The Labute approximate surface area is 173 Å². The fraction of sp³-hybridized carbons (Fsp3) is 0.409. The number of hydrogen-bond acceptors (Lipinski definition) is 4. The van der Waals surface area contributed by atoms with Crippen molar-refractivity contribution in [3.63, 3.8) is 0 Å². The summed E-state index contributed by atoms with van der Waals surface area (Å²) < 4.78 is 27.6. The van der Waals surface area contributed by atoms with E-state index in [0.29, 0.717) is 11.3 Å². The monoisotopic (exact) mass is 415 g/mol. The van der Waals surface area contributed by atoms with Gasteiger partial charge in [0.15, 0.2) is 0 Å². The van der Waals surface area contributed by atoms with E-state index in [-0.39, 0.29) is 17.3 Å². The number of hydrogen-bond donors (Lipinski definition) is 1. The maximum absolute atomic E-state index is 13.1. The number of benzene rings is 2. The lowest BCUT2D eigenvalue weighted by atomic mass is 10.1. The number of anilines is 2. The molecule has 7 heteroatoms. The molecule has 29 heavy (non-hydrogen) atoms. The highest BCUT2D eigenvalue weighted by Crippen LogP contribution is 2.25. The van der Waals surface area contributed by atoms with Gasteiger partial charge in [-0.25, -0.2) is 8.42 Å². The van der Waals surface area contributed by atoms with Gasteiger partial charge in [-0.3, -0.25) is 4.79 Å². The molecular formula is C22H29N3O3S. The van der Waals surface area contributed by atoms with Crippen LogP contribution in [0.25, 0.3) is 0 Å². The molecule has 1 aliphatic heterocycles. The first kappa shape index (κ1) is 21.3. The molecule has 1 amide bonds. The van der Waals surface area contributed by atoms with E-state index in [1.807, 2.05) is 12.1 Å². The van der Waals surface area contributed by atoms with Crippen LogP contribution in [0.2, 0.25) is 0 Å². The highest BCUT2D eigenvalue weighted by molar-refractivity contribution is 7.89. The van der Waals surface area contributed by atoms with E-state index in [0.717, 1.165) is 18.7 Å². The molecule has 2 aromatic carbocycles. The Bertz CT molecular complexity index is 965. The molecular weight excluding hydrogens is 386 g/mol. The summed E-state index contributed by atoms with van der Waals surface area (Å²) in [5.74, 6) is -0.237. The third-order valence-electron chi connectivity index (χ3n) is 5.26. The van der Waals surface area contributed by atoms with E-state index >= 15 is 0 Å². The number of carbonyl (C=O) groups is 1. The zero-order chi connectivity index (χ0) is 21.0. The highest BCUT2D eigenvalue weighted by atomic mass is 32.2. The van der Waals surface area contributed by atoms with Crippen molar-refractivity contribution in [2.75, 3.05) is 30.4 Å². The average Bonchev–Trinajstić information content (AvgIpc) is 2.70. The van der Waals surface area contributed by atoms with E-state index in [2.05, 4.69) is 22.3 Å². The van der Waals surface area contributed by atoms with Crippen molar-refractivity contribution in [1.29, 1.82) is 0 Å². The lowest BCUT2D eigenvalue weighted by Gasteiger charge is -2.29. The maximum atomic E-state index is 13.1. The van der Waals surface area contributed by atoms with Gasteiger partial charge in [-0.1, -0.05) is 18.2 Å². The van der Waals surface area contributed by atoms with Crippen LogP contribution in [0.3, 0.4) is 0 Å². The fourth-order valence-electron chi connectivity index (χ4n) is 3.63. The standard InChI is InChI=1S/C22H29N3O3S/c1-17-7-10-20(23-18(2)26)15-22(17)29(27,28)24(3)16-19-8-11-21(12-9-19)25-13-5-4-6-14-25/h7-12,15H,4-6,13-14,16H2,1-3H3,(H,23,26). The first-order chi connectivity index (χ1) is 13.8. The van der Waals surface area contributed by atoms with Crippen LogP contribution in [0.5, 0.6) is 0 Å². The van der Waals surface area contributed by atoms with Crippen LogP contribution in [0, 0.1) is 6.92 Å². The van der Waals surface area contributed by atoms with Gasteiger partial charge in [0.1, 0.15) is 0 Å². The zero-order valence-electron chi connectivity index (χ0n) is 17.3. The molecule has 0 aliphatic carbocycles. The minimum Gasteiger partial charge on any atom is -0.372 e. The first-order valence-electron chi connectivity index (χ1n) is 9.96. The molecule has 0 aromatic heterocycles. The normalized spacial score (nSPS) is 14.8. The molecule has 156 valence electrons. The van der Waals surface area contributed by atoms with Gasteiger partial charge in [-0.2, -0.15) is 4.31 Å². The van der Waals surface area contributed by atoms with E-state index in [4.69, 9.17) is 0 Å². The number of rotatable bonds is 6. The lowest BCUT2D eigenvalue weighted by molar-refractivity contribution is -0.114. The van der Waals surface area contributed by atoms with Gasteiger partial charge >= 0.3 is 0 Å². The van der Waals surface area contributed by atoms with Crippen molar-refractivity contribution in [3.05, 3.63) is 53.6 Å². The summed E-state index contributed by atoms with van der Waals surface area (Å²) in [5.41, 5.74) is 3.25. The molecule has 3 rings (SSSR count). The molecule has 0 saturated carbocycles. The molecule has 0 spiro atoms. The molecule has 2 aromatic rings. The Morgan fingerprint density at radius 2 is 1.72 bits per heavy atom. The van der Waals surface area contributed by atoms with Crippen molar-refractivity contribution in [3.8, 4) is 0 Å². The smallest absolute Gasteiger partial charge is 0.243 e. The number of amides is 1. The van der Waals surface area contributed by atoms with Crippen LogP contribution < -0.4 is 10.2 Å². The highest BCUT2D eigenvalue weighted by Gasteiger charge is 2.23. The Morgan fingerprint density at radius 3 is 2.34 bits per heavy atom. The number of nitrogens with one attached hydrogen (secondary N) is 1. The van der Waals surface area contributed by atoms with Crippen LogP contribution in [0.15, 0.2) is 47.4 Å². The summed E-state index contributed by atoms with van der Waals surface area (Å²) in [7, 11) is -2.10. The molecule has 0 unspecified atom stereocenters. The van der Waals surface area contributed by atoms with Crippen molar-refractivity contribution < 1.29 is 13.2 Å². The molecule has 6 nitrogen and oxygen atoms in total. The summed E-state index contributed by atoms with van der Waals surface area (Å²) in [4.78, 5) is 13.9. The second-order valence-electron chi connectivity index (χ2n) is 7.64. The number of carbonyl (C=O) groups excluding carboxylic acids is 1.